The molecule has 0 bridgehead atoms. The second kappa shape index (κ2) is 44.8. The van der Waals surface area contributed by atoms with E-state index in [1.807, 2.05) is 0 Å². The first-order valence-electron chi connectivity index (χ1n) is 25.3. The number of unbranched alkanes of at least 4 members (excludes halogenated alkanes) is 6. The fourth-order valence-electron chi connectivity index (χ4n) is 7.21. The first kappa shape index (κ1) is 68.6. The van der Waals surface area contributed by atoms with Gasteiger partial charge in [-0.05, 0) is 74.0 Å². The normalized spacial score (nSPS) is 17.4. The van der Waals surface area contributed by atoms with E-state index in [1.54, 1.807) is 0 Å². The molecule has 0 aliphatic carbocycles. The van der Waals surface area contributed by atoms with Crippen LogP contribution in [0.5, 0.6) is 0 Å². The third-order valence-electron chi connectivity index (χ3n) is 12.2. The maximum absolute atomic E-state index is 12.1. The Morgan fingerprint density at radius 1 is 0.328 bits per heavy atom. The quantitative estimate of drug-likeness (QED) is 0.0549. The van der Waals surface area contributed by atoms with Gasteiger partial charge in [-0.3, -0.25) is 0 Å². The minimum absolute atomic E-state index is 0. The van der Waals surface area contributed by atoms with Gasteiger partial charge in [-0.2, -0.15) is 0 Å². The number of hydrogen-bond donors (Lipinski definition) is 0. The Bertz CT molecular complexity index is 941. The van der Waals surface area contributed by atoms with Gasteiger partial charge < -0.3 is 41.9 Å². The molecular weight excluding hydrogens is 865 g/mol. The molecule has 13 heteroatoms. The topological polar surface area (TPSA) is 148 Å². The van der Waals surface area contributed by atoms with Crippen molar-refractivity contribution in [2.75, 3.05) is 38.3 Å². The summed E-state index contributed by atoms with van der Waals surface area (Å²) in [5, 5.41) is 0. The minimum atomic E-state index is -3.65. The van der Waals surface area contributed by atoms with Crippen LogP contribution in [-0.4, -0.2) is 38.3 Å². The molecule has 9 nitrogen and oxygen atoms in total. The predicted octanol–water partition coefficient (Wildman–Crippen LogP) is 15.0. The summed E-state index contributed by atoms with van der Waals surface area (Å²) in [5.74, 6) is 1.92. The van der Waals surface area contributed by atoms with Gasteiger partial charge in [0.05, 0.1) is 19.8 Å². The van der Waals surface area contributed by atoms with E-state index in [9.17, 15) is 28.4 Å². The Labute approximate surface area is 391 Å². The van der Waals surface area contributed by atoms with Gasteiger partial charge in [0, 0.05) is 18.5 Å². The van der Waals surface area contributed by atoms with E-state index in [-0.39, 0.29) is 53.6 Å². The van der Waals surface area contributed by atoms with E-state index in [2.05, 4.69) is 83.1 Å². The Kier molecular flexibility index (Phi) is 50.4. The molecule has 0 aromatic carbocycles. The molecule has 1 radical (unpaired) electrons. The van der Waals surface area contributed by atoms with Crippen molar-refractivity contribution in [1.29, 1.82) is 0 Å². The zero-order valence-corrected chi connectivity index (χ0v) is 46.1. The summed E-state index contributed by atoms with van der Waals surface area (Å²) in [6.07, 6.45) is 26.2. The average Bonchev–Trinajstić information content (AvgIpc) is 3.23. The molecule has 0 aromatic heterocycles. The summed E-state index contributed by atoms with van der Waals surface area (Å²) in [7, 11) is -11.0. The zero-order valence-electron chi connectivity index (χ0n) is 42.1. The molecule has 0 amide bonds. The van der Waals surface area contributed by atoms with Crippen molar-refractivity contribution in [1.82, 2.24) is 0 Å². The molecule has 9 atom stereocenters. The van der Waals surface area contributed by atoms with Crippen LogP contribution in [0.2, 0.25) is 0 Å². The van der Waals surface area contributed by atoms with Crippen LogP contribution >= 0.6 is 22.8 Å². The van der Waals surface area contributed by atoms with Crippen LogP contribution in [0.25, 0.3) is 0 Å². The summed E-state index contributed by atoms with van der Waals surface area (Å²) in [4.78, 5) is 36.2. The van der Waals surface area contributed by atoms with Gasteiger partial charge in [0.2, 0.25) is 0 Å². The third kappa shape index (κ3) is 43.3. The summed E-state index contributed by atoms with van der Waals surface area (Å²) in [6, 6.07) is 0. The molecule has 0 fully saturated rings. The zero-order chi connectivity index (χ0) is 46.3. The summed E-state index contributed by atoms with van der Waals surface area (Å²) < 4.78 is 52.1. The van der Waals surface area contributed by atoms with Crippen LogP contribution in [0.4, 0.5) is 0 Å². The standard InChI is InChI=1S/3C16H35O3P.Cr/c3*1-5-9-11-15(7-3)13-19-20(17,18)14-16(8-4)12-10-6-2;/h3*15-16H,5-14H2,1-4H3,(H,17,18);/q;;;+3/p-3. The summed E-state index contributed by atoms with van der Waals surface area (Å²) >= 11 is 0. The molecule has 0 spiro atoms. The third-order valence-corrected chi connectivity index (χ3v) is 16.7. The second-order valence-electron chi connectivity index (χ2n) is 17.8. The first-order chi connectivity index (χ1) is 28.5. The minimum Gasteiger partial charge on any atom is -0.778 e. The van der Waals surface area contributed by atoms with Gasteiger partial charge in [0.1, 0.15) is 22.8 Å². The number of hydrogen-bond acceptors (Lipinski definition) is 9. The van der Waals surface area contributed by atoms with Gasteiger partial charge >= 0.3 is 17.4 Å². The number of rotatable bonds is 39. The molecule has 0 rings (SSSR count). The van der Waals surface area contributed by atoms with E-state index in [0.29, 0.717) is 37.6 Å². The fraction of sp³-hybridized carbons (Fsp3) is 1.00. The molecule has 0 N–H and O–H groups in total. The molecule has 0 aliphatic heterocycles. The van der Waals surface area contributed by atoms with Crippen molar-refractivity contribution >= 4 is 22.8 Å². The average molecular weight is 968 g/mol. The van der Waals surface area contributed by atoms with E-state index in [4.69, 9.17) is 13.6 Å². The molecule has 0 heterocycles. The molecule has 0 aliphatic rings. The summed E-state index contributed by atoms with van der Waals surface area (Å²) in [5.41, 5.74) is 0. The molecule has 9 unspecified atom stereocenters. The molecule has 61 heavy (non-hydrogen) atoms. The van der Waals surface area contributed by atoms with E-state index in [0.717, 1.165) is 154 Å². The van der Waals surface area contributed by atoms with Crippen molar-refractivity contribution in [3.05, 3.63) is 0 Å². The van der Waals surface area contributed by atoms with Crippen LogP contribution in [-0.2, 0) is 44.6 Å². The molecule has 0 saturated carbocycles. The van der Waals surface area contributed by atoms with Gasteiger partial charge in [-0.15, -0.1) is 0 Å². The van der Waals surface area contributed by atoms with Crippen LogP contribution in [0.1, 0.15) is 237 Å². The van der Waals surface area contributed by atoms with Crippen molar-refractivity contribution in [3.8, 4) is 0 Å². The van der Waals surface area contributed by atoms with Gasteiger partial charge in [-0.25, -0.2) is 0 Å². The van der Waals surface area contributed by atoms with Crippen molar-refractivity contribution in [2.45, 2.75) is 237 Å². The molecular formula is C48H102CrO9P3. The SMILES string of the molecule is CCCCC(CC)COP(=O)([O-])CC(CC)CCCC.CCCCC(CC)COP(=O)([O-])CC(CC)CCCC.CCCCC(CC)COP(=O)([O-])CC(CC)CCCC.[Cr+3]. The second-order valence-corrected chi connectivity index (χ2v) is 23.3. The van der Waals surface area contributed by atoms with Gasteiger partial charge in [-0.1, -0.05) is 199 Å². The molecule has 0 aromatic rings. The van der Waals surface area contributed by atoms with Crippen molar-refractivity contribution < 1.29 is 59.3 Å². The van der Waals surface area contributed by atoms with Crippen LogP contribution in [0.3, 0.4) is 0 Å². The molecule has 369 valence electrons. The van der Waals surface area contributed by atoms with E-state index >= 15 is 0 Å². The van der Waals surface area contributed by atoms with Crippen LogP contribution < -0.4 is 14.7 Å². The van der Waals surface area contributed by atoms with Crippen LogP contribution in [0.15, 0.2) is 0 Å². The monoisotopic (exact) mass is 968 g/mol. The maximum atomic E-state index is 12.1. The fourth-order valence-corrected chi connectivity index (χ4v) is 12.1. The van der Waals surface area contributed by atoms with E-state index in [1.165, 1.54) is 0 Å². The molecule has 0 saturated heterocycles. The largest absolute Gasteiger partial charge is 3.00 e. The van der Waals surface area contributed by atoms with Gasteiger partial charge in [0.25, 0.3) is 0 Å². The van der Waals surface area contributed by atoms with Crippen molar-refractivity contribution in [2.24, 2.45) is 35.5 Å². The maximum Gasteiger partial charge on any atom is 3.00 e. The van der Waals surface area contributed by atoms with Gasteiger partial charge in [0.15, 0.2) is 0 Å². The Morgan fingerprint density at radius 2 is 0.492 bits per heavy atom. The predicted molar refractivity (Wildman–Crippen MR) is 255 cm³/mol. The van der Waals surface area contributed by atoms with E-state index < -0.39 is 22.8 Å². The Morgan fingerprint density at radius 3 is 0.639 bits per heavy atom. The van der Waals surface area contributed by atoms with Crippen LogP contribution in [0, 0.1) is 35.5 Å². The Hall–Kier alpha value is 0.982. The smallest absolute Gasteiger partial charge is 0.778 e. The first-order valence-corrected chi connectivity index (χ1v) is 30.5. The Balaban J connectivity index is -0.000000396. The van der Waals surface area contributed by atoms with Crippen molar-refractivity contribution in [3.63, 3.8) is 0 Å². The summed E-state index contributed by atoms with van der Waals surface area (Å²) in [6.45, 7) is 26.5.